The molecule has 0 heterocycles. The highest BCUT2D eigenvalue weighted by atomic mass is 32.1. The van der Waals surface area contributed by atoms with Crippen molar-refractivity contribution in [2.75, 3.05) is 17.2 Å². The smallest absolute Gasteiger partial charge is 0.323 e. The zero-order chi connectivity index (χ0) is 18.1. The first kappa shape index (κ1) is 19.1. The molecular formula is C20H23NO3S. The van der Waals surface area contributed by atoms with Gasteiger partial charge in [0, 0.05) is 17.4 Å². The fraction of sp³-hybridized carbons (Fsp3) is 0.300. The van der Waals surface area contributed by atoms with Crippen LogP contribution in [0.1, 0.15) is 18.4 Å². The Bertz CT molecular complexity index is 676. The predicted octanol–water partition coefficient (Wildman–Crippen LogP) is 3.67. The molecule has 132 valence electrons. The molecule has 0 bridgehead atoms. The number of hydrogen-bond donors (Lipinski definition) is 2. The van der Waals surface area contributed by atoms with Gasteiger partial charge in [-0.25, -0.2) is 0 Å². The van der Waals surface area contributed by atoms with Crippen LogP contribution in [0.25, 0.3) is 0 Å². The topological polar surface area (TPSA) is 57.6 Å². The summed E-state index contributed by atoms with van der Waals surface area (Å²) in [6.07, 6.45) is 2.43. The largest absolute Gasteiger partial charge is 0.480 e. The van der Waals surface area contributed by atoms with Gasteiger partial charge >= 0.3 is 5.97 Å². The minimum absolute atomic E-state index is 0.184. The highest BCUT2D eigenvalue weighted by Crippen LogP contribution is 2.20. The third-order valence-electron chi connectivity index (χ3n) is 4.06. The van der Waals surface area contributed by atoms with Gasteiger partial charge in [-0.3, -0.25) is 9.59 Å². The number of nitrogens with zero attached hydrogens (tertiary/aromatic N) is 1. The van der Waals surface area contributed by atoms with Gasteiger partial charge in [0.05, 0.1) is 0 Å². The molecule has 0 aromatic heterocycles. The van der Waals surface area contributed by atoms with Gasteiger partial charge in [-0.1, -0.05) is 48.5 Å². The first-order valence-corrected chi connectivity index (χ1v) is 8.98. The van der Waals surface area contributed by atoms with E-state index in [2.05, 4.69) is 24.8 Å². The number of para-hydroxylation sites is 1. The number of hydrogen-bond acceptors (Lipinski definition) is 3. The molecule has 25 heavy (non-hydrogen) atoms. The number of anilines is 1. The number of carbonyl (C=O) groups excluding carboxylic acids is 1. The van der Waals surface area contributed by atoms with Gasteiger partial charge in [-0.05, 0) is 37.0 Å². The highest BCUT2D eigenvalue weighted by molar-refractivity contribution is 7.80. The Balaban J connectivity index is 2.02. The molecule has 5 heteroatoms. The first-order valence-electron chi connectivity index (χ1n) is 8.35. The van der Waals surface area contributed by atoms with Gasteiger partial charge in [0.15, 0.2) is 0 Å². The van der Waals surface area contributed by atoms with E-state index in [1.54, 1.807) is 24.3 Å². The van der Waals surface area contributed by atoms with Gasteiger partial charge in [0.2, 0.25) is 5.91 Å². The summed E-state index contributed by atoms with van der Waals surface area (Å²) in [5.74, 6) is -1.11. The number of carbonyl (C=O) groups is 2. The maximum absolute atomic E-state index is 12.9. The van der Waals surface area contributed by atoms with Crippen LogP contribution < -0.4 is 4.90 Å². The Morgan fingerprint density at radius 2 is 1.60 bits per heavy atom. The van der Waals surface area contributed by atoms with Crippen molar-refractivity contribution in [1.82, 2.24) is 0 Å². The van der Waals surface area contributed by atoms with E-state index in [4.69, 9.17) is 5.11 Å². The lowest BCUT2D eigenvalue weighted by Crippen LogP contribution is -2.40. The summed E-state index contributed by atoms with van der Waals surface area (Å²) in [6.45, 7) is -0.341. The monoisotopic (exact) mass is 357 g/mol. The number of aliphatic carboxylic acids is 1. The normalized spacial score (nSPS) is 11.7. The minimum atomic E-state index is -1.03. The van der Waals surface area contributed by atoms with Crippen LogP contribution >= 0.6 is 12.6 Å². The molecule has 0 aliphatic carbocycles. The van der Waals surface area contributed by atoms with Crippen LogP contribution in [0.3, 0.4) is 0 Å². The summed E-state index contributed by atoms with van der Waals surface area (Å²) in [6, 6.07) is 19.0. The fourth-order valence-electron chi connectivity index (χ4n) is 2.75. The summed E-state index contributed by atoms with van der Waals surface area (Å²) in [4.78, 5) is 25.4. The lowest BCUT2D eigenvalue weighted by Gasteiger charge is -2.25. The lowest BCUT2D eigenvalue weighted by atomic mass is 9.99. The van der Waals surface area contributed by atoms with Crippen molar-refractivity contribution in [3.63, 3.8) is 0 Å². The van der Waals surface area contributed by atoms with Gasteiger partial charge in [0.25, 0.3) is 0 Å². The van der Waals surface area contributed by atoms with Crippen molar-refractivity contribution in [3.05, 3.63) is 66.2 Å². The summed E-state index contributed by atoms with van der Waals surface area (Å²) in [7, 11) is 0. The van der Waals surface area contributed by atoms with Gasteiger partial charge in [0.1, 0.15) is 6.54 Å². The minimum Gasteiger partial charge on any atom is -0.480 e. The zero-order valence-corrected chi connectivity index (χ0v) is 14.9. The van der Waals surface area contributed by atoms with Crippen LogP contribution in [0.15, 0.2) is 60.7 Å². The molecule has 2 rings (SSSR count). The van der Waals surface area contributed by atoms with Crippen LogP contribution in [-0.2, 0) is 16.0 Å². The van der Waals surface area contributed by atoms with Crippen molar-refractivity contribution < 1.29 is 14.7 Å². The molecule has 0 fully saturated rings. The third-order valence-corrected chi connectivity index (χ3v) is 4.50. The number of thiol groups is 1. The molecule has 1 amide bonds. The Kier molecular flexibility index (Phi) is 7.54. The van der Waals surface area contributed by atoms with Crippen molar-refractivity contribution >= 4 is 30.2 Å². The highest BCUT2D eigenvalue weighted by Gasteiger charge is 2.25. The van der Waals surface area contributed by atoms with Crippen LogP contribution in [-0.4, -0.2) is 29.3 Å². The first-order chi connectivity index (χ1) is 12.1. The lowest BCUT2D eigenvalue weighted by molar-refractivity contribution is -0.137. The Hall–Kier alpha value is -2.27. The number of benzene rings is 2. The summed E-state index contributed by atoms with van der Waals surface area (Å²) in [5.41, 5.74) is 1.84. The van der Waals surface area contributed by atoms with E-state index >= 15 is 0 Å². The molecule has 4 nitrogen and oxygen atoms in total. The molecule has 0 spiro atoms. The summed E-state index contributed by atoms with van der Waals surface area (Å²) < 4.78 is 0. The molecule has 0 unspecified atom stereocenters. The third kappa shape index (κ3) is 5.94. The van der Waals surface area contributed by atoms with E-state index < -0.39 is 5.97 Å². The molecule has 0 radical (unpaired) electrons. The van der Waals surface area contributed by atoms with E-state index in [0.29, 0.717) is 17.9 Å². The summed E-state index contributed by atoms with van der Waals surface area (Å²) in [5, 5.41) is 9.16. The number of carboxylic acid groups (broad SMARTS) is 1. The van der Waals surface area contributed by atoms with Crippen molar-refractivity contribution in [2.45, 2.75) is 19.3 Å². The Morgan fingerprint density at radius 3 is 2.16 bits per heavy atom. The zero-order valence-electron chi connectivity index (χ0n) is 14.0. The number of rotatable bonds is 9. The standard InChI is InChI=1S/C20H23NO3S/c22-19(23)14-21(18-12-5-2-6-13-18)20(24)17(15-25)11-7-10-16-8-3-1-4-9-16/h1-6,8-9,12-13,17,25H,7,10-11,14-15H2,(H,22,23)/t17-/m1/s1. The van der Waals surface area contributed by atoms with E-state index in [9.17, 15) is 9.59 Å². The molecule has 0 saturated heterocycles. The molecule has 0 aliphatic heterocycles. The van der Waals surface area contributed by atoms with E-state index in [0.717, 1.165) is 12.8 Å². The molecule has 2 aromatic carbocycles. The van der Waals surface area contributed by atoms with E-state index in [1.165, 1.54) is 10.5 Å². The SMILES string of the molecule is O=C(O)CN(C(=O)[C@@H](CS)CCCc1ccccc1)c1ccccc1. The van der Waals surface area contributed by atoms with Gasteiger partial charge in [-0.2, -0.15) is 12.6 Å². The van der Waals surface area contributed by atoms with Crippen LogP contribution in [0, 0.1) is 5.92 Å². The molecule has 1 atom stereocenters. The number of aryl methyl sites for hydroxylation is 1. The van der Waals surface area contributed by atoms with E-state index in [-0.39, 0.29) is 18.4 Å². The van der Waals surface area contributed by atoms with Crippen molar-refractivity contribution in [1.29, 1.82) is 0 Å². The molecular weight excluding hydrogens is 334 g/mol. The van der Waals surface area contributed by atoms with Gasteiger partial charge < -0.3 is 10.0 Å². The average Bonchev–Trinajstić information content (AvgIpc) is 2.64. The van der Waals surface area contributed by atoms with Crippen molar-refractivity contribution in [3.8, 4) is 0 Å². The van der Waals surface area contributed by atoms with E-state index in [1.807, 2.05) is 24.3 Å². The quantitative estimate of drug-likeness (QED) is 0.673. The Morgan fingerprint density at radius 1 is 1.00 bits per heavy atom. The molecule has 1 N–H and O–H groups in total. The maximum atomic E-state index is 12.9. The van der Waals surface area contributed by atoms with Gasteiger partial charge in [-0.15, -0.1) is 0 Å². The predicted molar refractivity (Wildman–Crippen MR) is 103 cm³/mol. The fourth-order valence-corrected chi connectivity index (χ4v) is 3.09. The second kappa shape index (κ2) is 9.89. The average molecular weight is 357 g/mol. The van der Waals surface area contributed by atoms with Crippen molar-refractivity contribution in [2.24, 2.45) is 5.92 Å². The molecule has 0 saturated carbocycles. The second-order valence-corrected chi connectivity index (χ2v) is 6.28. The maximum Gasteiger partial charge on any atom is 0.323 e. The molecule has 2 aromatic rings. The van der Waals surface area contributed by atoms with Crippen LogP contribution in [0.5, 0.6) is 0 Å². The van der Waals surface area contributed by atoms with Crippen LogP contribution in [0.4, 0.5) is 5.69 Å². The number of amides is 1. The Labute approximate surface area is 153 Å². The molecule has 0 aliphatic rings. The second-order valence-electron chi connectivity index (χ2n) is 5.91. The van der Waals surface area contributed by atoms with Crippen LogP contribution in [0.2, 0.25) is 0 Å². The summed E-state index contributed by atoms with van der Waals surface area (Å²) >= 11 is 4.32. The number of carboxylic acids is 1.